The summed E-state index contributed by atoms with van der Waals surface area (Å²) in [4.78, 5) is 3.91. The molecule has 0 saturated carbocycles. The summed E-state index contributed by atoms with van der Waals surface area (Å²) >= 11 is 5.00. The average molecular weight is 343 g/mol. The molecule has 0 amide bonds. The van der Waals surface area contributed by atoms with E-state index in [-0.39, 0.29) is 0 Å². The second-order valence-electron chi connectivity index (χ2n) is 5.56. The maximum Gasteiger partial charge on any atom is 0.334 e. The smallest absolute Gasteiger partial charge is 0.297 e. The molecule has 0 radical (unpaired) electrons. The first kappa shape index (κ1) is 16.2. The first-order valence-electron chi connectivity index (χ1n) is 7.34. The molecule has 1 fully saturated rings. The molecule has 0 spiro atoms. The SMILES string of the molecule is FC(F)(Cl)CN1CCN(Cc2ccccc2-c2nn[nH]n2)CC1. The summed E-state index contributed by atoms with van der Waals surface area (Å²) < 4.78 is 25.7. The minimum absolute atomic E-state index is 0.401. The van der Waals surface area contributed by atoms with Crippen molar-refractivity contribution in [3.63, 3.8) is 0 Å². The Morgan fingerprint density at radius 3 is 2.48 bits per heavy atom. The van der Waals surface area contributed by atoms with Crippen LogP contribution in [0.25, 0.3) is 11.4 Å². The van der Waals surface area contributed by atoms with Crippen LogP contribution in [0.4, 0.5) is 8.78 Å². The molecule has 2 heterocycles. The lowest BCUT2D eigenvalue weighted by Gasteiger charge is -2.35. The van der Waals surface area contributed by atoms with Gasteiger partial charge in [-0.3, -0.25) is 9.80 Å². The van der Waals surface area contributed by atoms with Crippen LogP contribution >= 0.6 is 11.6 Å². The molecule has 0 unspecified atom stereocenters. The number of benzene rings is 1. The Labute approximate surface area is 137 Å². The number of alkyl halides is 3. The fourth-order valence-electron chi connectivity index (χ4n) is 2.75. The number of piperazine rings is 1. The summed E-state index contributed by atoms with van der Waals surface area (Å²) in [7, 11) is 0. The van der Waals surface area contributed by atoms with Crippen LogP contribution in [0.5, 0.6) is 0 Å². The van der Waals surface area contributed by atoms with Crippen LogP contribution in [0.2, 0.25) is 0 Å². The second kappa shape index (κ2) is 6.86. The number of H-pyrrole nitrogens is 1. The molecular formula is C14H17ClF2N6. The van der Waals surface area contributed by atoms with Crippen LogP contribution in [0.3, 0.4) is 0 Å². The lowest BCUT2D eigenvalue weighted by molar-refractivity contribution is 0.0246. The van der Waals surface area contributed by atoms with Crippen molar-refractivity contribution in [1.82, 2.24) is 30.4 Å². The summed E-state index contributed by atoms with van der Waals surface area (Å²) in [6.45, 7) is 2.90. The lowest BCUT2D eigenvalue weighted by Crippen LogP contribution is -2.48. The van der Waals surface area contributed by atoms with E-state index >= 15 is 0 Å². The molecule has 1 aliphatic heterocycles. The summed E-state index contributed by atoms with van der Waals surface area (Å²) in [5.41, 5.74) is 2.01. The van der Waals surface area contributed by atoms with Gasteiger partial charge in [0.15, 0.2) is 0 Å². The summed E-state index contributed by atoms with van der Waals surface area (Å²) in [6, 6.07) is 7.86. The van der Waals surface area contributed by atoms with E-state index in [2.05, 4.69) is 25.5 Å². The largest absolute Gasteiger partial charge is 0.334 e. The minimum atomic E-state index is -3.16. The third kappa shape index (κ3) is 4.43. The van der Waals surface area contributed by atoms with E-state index in [0.29, 0.717) is 32.0 Å². The number of hydrogen-bond acceptors (Lipinski definition) is 5. The second-order valence-corrected chi connectivity index (χ2v) is 6.11. The molecule has 2 aromatic rings. The van der Waals surface area contributed by atoms with E-state index in [1.165, 1.54) is 0 Å². The van der Waals surface area contributed by atoms with Gasteiger partial charge in [0.25, 0.3) is 0 Å². The van der Waals surface area contributed by atoms with Crippen LogP contribution in [0.1, 0.15) is 5.56 Å². The number of nitrogens with one attached hydrogen (secondary N) is 1. The zero-order valence-electron chi connectivity index (χ0n) is 12.4. The summed E-state index contributed by atoms with van der Waals surface area (Å²) in [6.07, 6.45) is 0. The van der Waals surface area contributed by atoms with Crippen molar-refractivity contribution >= 4 is 11.6 Å². The van der Waals surface area contributed by atoms with Gasteiger partial charge in [-0.2, -0.15) is 14.0 Å². The first-order chi connectivity index (χ1) is 11.0. The molecule has 3 rings (SSSR count). The van der Waals surface area contributed by atoms with Crippen LogP contribution in [-0.2, 0) is 6.54 Å². The number of halogens is 3. The normalized spacial score (nSPS) is 17.5. The highest BCUT2D eigenvalue weighted by molar-refractivity contribution is 6.21. The van der Waals surface area contributed by atoms with Crippen LogP contribution < -0.4 is 0 Å². The first-order valence-corrected chi connectivity index (χ1v) is 7.72. The maximum atomic E-state index is 12.8. The number of rotatable bonds is 5. The Balaban J connectivity index is 1.62. The molecule has 1 N–H and O–H groups in total. The third-order valence-electron chi connectivity index (χ3n) is 3.87. The fraction of sp³-hybridized carbons (Fsp3) is 0.500. The number of aromatic amines is 1. The quantitative estimate of drug-likeness (QED) is 0.840. The predicted molar refractivity (Wildman–Crippen MR) is 82.1 cm³/mol. The Hall–Kier alpha value is -1.64. The lowest BCUT2D eigenvalue weighted by atomic mass is 10.1. The van der Waals surface area contributed by atoms with Crippen LogP contribution in [-0.4, -0.2) is 68.5 Å². The number of nitrogens with zero attached hydrogens (tertiary/aromatic N) is 5. The molecule has 23 heavy (non-hydrogen) atoms. The van der Waals surface area contributed by atoms with Gasteiger partial charge in [-0.25, -0.2) is 0 Å². The molecule has 1 saturated heterocycles. The molecule has 0 aliphatic carbocycles. The van der Waals surface area contributed by atoms with E-state index < -0.39 is 11.9 Å². The summed E-state index contributed by atoms with van der Waals surface area (Å²) in [5.74, 6) is 0.556. The Morgan fingerprint density at radius 2 is 1.83 bits per heavy atom. The molecule has 6 nitrogen and oxygen atoms in total. The van der Waals surface area contributed by atoms with Crippen molar-refractivity contribution in [2.75, 3.05) is 32.7 Å². The average Bonchev–Trinajstić information content (AvgIpc) is 3.02. The van der Waals surface area contributed by atoms with Gasteiger partial charge in [0, 0.05) is 38.3 Å². The topological polar surface area (TPSA) is 60.9 Å². The van der Waals surface area contributed by atoms with Crippen molar-refractivity contribution in [2.24, 2.45) is 0 Å². The van der Waals surface area contributed by atoms with E-state index in [9.17, 15) is 8.78 Å². The number of aromatic nitrogens is 4. The monoisotopic (exact) mass is 342 g/mol. The van der Waals surface area contributed by atoms with Gasteiger partial charge in [-0.1, -0.05) is 24.3 Å². The zero-order chi connectivity index (χ0) is 16.3. The number of hydrogen-bond donors (Lipinski definition) is 1. The van der Waals surface area contributed by atoms with Gasteiger partial charge in [0.2, 0.25) is 5.82 Å². The highest BCUT2D eigenvalue weighted by Crippen LogP contribution is 2.23. The van der Waals surface area contributed by atoms with Crippen molar-refractivity contribution in [2.45, 2.75) is 11.9 Å². The third-order valence-corrected chi connectivity index (χ3v) is 3.98. The van der Waals surface area contributed by atoms with Gasteiger partial charge in [0.05, 0.1) is 6.54 Å². The fourth-order valence-corrected chi connectivity index (χ4v) is 2.92. The molecule has 0 atom stereocenters. The predicted octanol–water partition coefficient (Wildman–Crippen LogP) is 1.82. The Morgan fingerprint density at radius 1 is 1.13 bits per heavy atom. The number of tetrazole rings is 1. The van der Waals surface area contributed by atoms with E-state index in [0.717, 1.165) is 17.7 Å². The standard InChI is InChI=1S/C14H17ClF2N6/c15-14(16,17)10-23-7-5-22(6-8-23)9-11-3-1-2-4-12(11)13-18-20-21-19-13/h1-4H,5-10H2,(H,18,19,20,21). The van der Waals surface area contributed by atoms with E-state index in [1.807, 2.05) is 24.3 Å². The van der Waals surface area contributed by atoms with Crippen molar-refractivity contribution in [3.05, 3.63) is 29.8 Å². The molecule has 1 aromatic carbocycles. The molecule has 9 heteroatoms. The Bertz CT molecular complexity index is 622. The van der Waals surface area contributed by atoms with Gasteiger partial charge in [-0.15, -0.1) is 10.2 Å². The molecule has 1 aromatic heterocycles. The molecular weight excluding hydrogens is 326 g/mol. The maximum absolute atomic E-state index is 12.8. The van der Waals surface area contributed by atoms with Crippen molar-refractivity contribution < 1.29 is 8.78 Å². The zero-order valence-corrected chi connectivity index (χ0v) is 13.2. The molecule has 0 bridgehead atoms. The van der Waals surface area contributed by atoms with Gasteiger partial charge in [-0.05, 0) is 22.4 Å². The van der Waals surface area contributed by atoms with E-state index in [4.69, 9.17) is 11.6 Å². The van der Waals surface area contributed by atoms with Crippen LogP contribution in [0, 0.1) is 0 Å². The minimum Gasteiger partial charge on any atom is -0.297 e. The Kier molecular flexibility index (Phi) is 4.84. The van der Waals surface area contributed by atoms with Crippen molar-refractivity contribution in [3.8, 4) is 11.4 Å². The molecule has 1 aliphatic rings. The van der Waals surface area contributed by atoms with E-state index in [1.54, 1.807) is 4.90 Å². The van der Waals surface area contributed by atoms with Gasteiger partial charge >= 0.3 is 5.38 Å². The van der Waals surface area contributed by atoms with Crippen molar-refractivity contribution in [1.29, 1.82) is 0 Å². The molecule has 124 valence electrons. The van der Waals surface area contributed by atoms with Gasteiger partial charge in [0.1, 0.15) is 0 Å². The highest BCUT2D eigenvalue weighted by Gasteiger charge is 2.30. The van der Waals surface area contributed by atoms with Gasteiger partial charge < -0.3 is 0 Å². The summed E-state index contributed by atoms with van der Waals surface area (Å²) in [5, 5.41) is 10.9. The highest BCUT2D eigenvalue weighted by atomic mass is 35.5. The van der Waals surface area contributed by atoms with Crippen LogP contribution in [0.15, 0.2) is 24.3 Å².